The van der Waals surface area contributed by atoms with Crippen LogP contribution in [0.25, 0.3) is 0 Å². The largest absolute Gasteiger partial charge is 0.356 e. The van der Waals surface area contributed by atoms with E-state index in [1.807, 2.05) is 11.8 Å². The molecule has 96 valence electrons. The van der Waals surface area contributed by atoms with Crippen molar-refractivity contribution in [1.82, 2.24) is 5.32 Å². The Morgan fingerprint density at radius 3 is 2.81 bits per heavy atom. The number of carbonyl (C=O) groups excluding carboxylic acids is 1. The average Bonchev–Trinajstić information content (AvgIpc) is 2.29. The van der Waals surface area contributed by atoms with E-state index in [1.54, 1.807) is 0 Å². The lowest BCUT2D eigenvalue weighted by atomic mass is 10.2. The summed E-state index contributed by atoms with van der Waals surface area (Å²) in [4.78, 5) is 15.7. The van der Waals surface area contributed by atoms with Crippen LogP contribution in [-0.4, -0.2) is 30.6 Å². The molecule has 0 saturated heterocycles. The van der Waals surface area contributed by atoms with Crippen molar-refractivity contribution in [2.45, 2.75) is 39.0 Å². The van der Waals surface area contributed by atoms with Gasteiger partial charge in [0, 0.05) is 13.0 Å². The van der Waals surface area contributed by atoms with Crippen molar-refractivity contribution in [2.75, 3.05) is 24.7 Å². The SMILES string of the molecule is CCSCCCCNC(=O)CCCCON. The fraction of sp³-hybridized carbons (Fsp3) is 0.909. The molecule has 0 heterocycles. The molecule has 0 aliphatic heterocycles. The Bertz CT molecular complexity index is 168. The van der Waals surface area contributed by atoms with E-state index in [2.05, 4.69) is 17.1 Å². The fourth-order valence-electron chi connectivity index (χ4n) is 1.26. The minimum absolute atomic E-state index is 0.139. The van der Waals surface area contributed by atoms with E-state index in [0.29, 0.717) is 13.0 Å². The van der Waals surface area contributed by atoms with Gasteiger partial charge in [0.15, 0.2) is 0 Å². The van der Waals surface area contributed by atoms with Gasteiger partial charge in [-0.1, -0.05) is 6.92 Å². The van der Waals surface area contributed by atoms with E-state index >= 15 is 0 Å². The smallest absolute Gasteiger partial charge is 0.219 e. The highest BCUT2D eigenvalue weighted by Crippen LogP contribution is 2.02. The number of nitrogens with one attached hydrogen (secondary N) is 1. The predicted octanol–water partition coefficient (Wildman–Crippen LogP) is 1.70. The van der Waals surface area contributed by atoms with Crippen molar-refractivity contribution in [2.24, 2.45) is 5.90 Å². The van der Waals surface area contributed by atoms with Gasteiger partial charge in [-0.2, -0.15) is 11.8 Å². The van der Waals surface area contributed by atoms with Crippen molar-refractivity contribution >= 4 is 17.7 Å². The summed E-state index contributed by atoms with van der Waals surface area (Å²) in [6.45, 7) is 3.50. The molecule has 0 aromatic carbocycles. The maximum Gasteiger partial charge on any atom is 0.219 e. The third-order valence-corrected chi connectivity index (χ3v) is 3.14. The van der Waals surface area contributed by atoms with Crippen LogP contribution in [0.3, 0.4) is 0 Å². The summed E-state index contributed by atoms with van der Waals surface area (Å²) < 4.78 is 0. The van der Waals surface area contributed by atoms with Crippen molar-refractivity contribution < 1.29 is 9.63 Å². The van der Waals surface area contributed by atoms with Gasteiger partial charge in [0.1, 0.15) is 0 Å². The van der Waals surface area contributed by atoms with Gasteiger partial charge in [-0.25, -0.2) is 5.90 Å². The van der Waals surface area contributed by atoms with E-state index in [-0.39, 0.29) is 5.91 Å². The van der Waals surface area contributed by atoms with Crippen LogP contribution in [0.15, 0.2) is 0 Å². The zero-order chi connectivity index (χ0) is 12.1. The van der Waals surface area contributed by atoms with Crippen molar-refractivity contribution in [1.29, 1.82) is 0 Å². The molecule has 0 spiro atoms. The molecule has 0 aliphatic carbocycles. The summed E-state index contributed by atoms with van der Waals surface area (Å²) in [5.41, 5.74) is 0. The van der Waals surface area contributed by atoms with Gasteiger partial charge in [0.2, 0.25) is 5.91 Å². The Balaban J connectivity index is 3.11. The lowest BCUT2D eigenvalue weighted by Crippen LogP contribution is -2.24. The highest BCUT2D eigenvalue weighted by molar-refractivity contribution is 7.99. The van der Waals surface area contributed by atoms with Crippen LogP contribution in [0, 0.1) is 0 Å². The van der Waals surface area contributed by atoms with Crippen molar-refractivity contribution in [3.05, 3.63) is 0 Å². The first-order chi connectivity index (χ1) is 7.81. The summed E-state index contributed by atoms with van der Waals surface area (Å²) in [6.07, 6.45) is 4.52. The molecule has 0 unspecified atom stereocenters. The van der Waals surface area contributed by atoms with Crippen molar-refractivity contribution in [3.63, 3.8) is 0 Å². The molecule has 0 aromatic heterocycles. The molecule has 0 atom stereocenters. The molecule has 3 N–H and O–H groups in total. The third kappa shape index (κ3) is 11.8. The zero-order valence-corrected chi connectivity index (χ0v) is 11.0. The summed E-state index contributed by atoms with van der Waals surface area (Å²) in [6, 6.07) is 0. The van der Waals surface area contributed by atoms with Gasteiger partial charge < -0.3 is 10.2 Å². The molecule has 4 nitrogen and oxygen atoms in total. The number of unbranched alkanes of at least 4 members (excludes halogenated alkanes) is 2. The van der Waals surface area contributed by atoms with Crippen LogP contribution in [0.1, 0.15) is 39.0 Å². The molecular weight excluding hydrogens is 224 g/mol. The number of amides is 1. The first-order valence-electron chi connectivity index (χ1n) is 5.97. The van der Waals surface area contributed by atoms with Crippen LogP contribution in [0.5, 0.6) is 0 Å². The summed E-state index contributed by atoms with van der Waals surface area (Å²) in [7, 11) is 0. The predicted molar refractivity (Wildman–Crippen MR) is 69.2 cm³/mol. The van der Waals surface area contributed by atoms with E-state index < -0.39 is 0 Å². The second-order valence-corrected chi connectivity index (χ2v) is 4.98. The number of nitrogens with two attached hydrogens (primary N) is 1. The molecule has 16 heavy (non-hydrogen) atoms. The molecule has 0 aromatic rings. The molecule has 0 bridgehead atoms. The van der Waals surface area contributed by atoms with E-state index in [9.17, 15) is 4.79 Å². The maximum atomic E-state index is 11.3. The second kappa shape index (κ2) is 12.8. The first-order valence-corrected chi connectivity index (χ1v) is 7.12. The van der Waals surface area contributed by atoms with Crippen LogP contribution in [-0.2, 0) is 9.63 Å². The Hall–Kier alpha value is -0.260. The lowest BCUT2D eigenvalue weighted by Gasteiger charge is -2.04. The van der Waals surface area contributed by atoms with Crippen LogP contribution in [0.4, 0.5) is 0 Å². The molecule has 0 aliphatic rings. The number of thioether (sulfide) groups is 1. The molecule has 0 radical (unpaired) electrons. The molecule has 1 amide bonds. The van der Waals surface area contributed by atoms with Gasteiger partial charge in [-0.3, -0.25) is 4.79 Å². The monoisotopic (exact) mass is 248 g/mol. The first kappa shape index (κ1) is 15.7. The van der Waals surface area contributed by atoms with Gasteiger partial charge in [-0.15, -0.1) is 0 Å². The molecule has 0 rings (SSSR count). The number of rotatable bonds is 11. The van der Waals surface area contributed by atoms with Gasteiger partial charge >= 0.3 is 0 Å². The van der Waals surface area contributed by atoms with Crippen LogP contribution < -0.4 is 11.2 Å². The summed E-state index contributed by atoms with van der Waals surface area (Å²) >= 11 is 1.95. The summed E-state index contributed by atoms with van der Waals surface area (Å²) in [5, 5.41) is 2.92. The van der Waals surface area contributed by atoms with E-state index in [4.69, 9.17) is 5.90 Å². The Morgan fingerprint density at radius 2 is 2.12 bits per heavy atom. The van der Waals surface area contributed by atoms with E-state index in [1.165, 1.54) is 17.9 Å². The topological polar surface area (TPSA) is 64.3 Å². The minimum Gasteiger partial charge on any atom is -0.356 e. The Labute approximate surface area is 103 Å². The second-order valence-electron chi connectivity index (χ2n) is 3.58. The lowest BCUT2D eigenvalue weighted by molar-refractivity contribution is -0.121. The molecule has 0 saturated carbocycles. The minimum atomic E-state index is 0.139. The Kier molecular flexibility index (Phi) is 12.6. The van der Waals surface area contributed by atoms with Gasteiger partial charge in [0.05, 0.1) is 6.61 Å². The number of hydrogen-bond donors (Lipinski definition) is 2. The number of hydrogen-bond acceptors (Lipinski definition) is 4. The maximum absolute atomic E-state index is 11.3. The molecular formula is C11H24N2O2S. The number of carbonyl (C=O) groups is 1. The summed E-state index contributed by atoms with van der Waals surface area (Å²) in [5.74, 6) is 7.39. The van der Waals surface area contributed by atoms with Crippen LogP contribution in [0.2, 0.25) is 0 Å². The third-order valence-electron chi connectivity index (χ3n) is 2.16. The zero-order valence-electron chi connectivity index (χ0n) is 10.2. The highest BCUT2D eigenvalue weighted by atomic mass is 32.2. The fourth-order valence-corrected chi connectivity index (χ4v) is 1.96. The van der Waals surface area contributed by atoms with Crippen LogP contribution >= 0.6 is 11.8 Å². The Morgan fingerprint density at radius 1 is 1.31 bits per heavy atom. The molecule has 0 fully saturated rings. The van der Waals surface area contributed by atoms with Crippen molar-refractivity contribution in [3.8, 4) is 0 Å². The average molecular weight is 248 g/mol. The highest BCUT2D eigenvalue weighted by Gasteiger charge is 1.99. The van der Waals surface area contributed by atoms with Gasteiger partial charge in [0.25, 0.3) is 0 Å². The normalized spacial score (nSPS) is 10.4. The van der Waals surface area contributed by atoms with E-state index in [0.717, 1.165) is 25.8 Å². The standard InChI is InChI=1S/C11H24N2O2S/c1-2-16-10-6-4-8-13-11(14)7-3-5-9-15-12/h2-10,12H2,1H3,(H,13,14). The molecule has 5 heteroatoms. The van der Waals surface area contributed by atoms with Gasteiger partial charge in [-0.05, 0) is 37.2 Å². The quantitative estimate of drug-likeness (QED) is 0.431.